The Morgan fingerprint density at radius 1 is 1.38 bits per heavy atom. The zero-order valence-corrected chi connectivity index (χ0v) is 5.11. The Balaban J connectivity index is 2.17. The highest BCUT2D eigenvalue weighted by molar-refractivity contribution is 4.78. The summed E-state index contributed by atoms with van der Waals surface area (Å²) in [5, 5.41) is 3.27. The van der Waals surface area contributed by atoms with Crippen molar-refractivity contribution in [3.05, 3.63) is 12.2 Å². The second kappa shape index (κ2) is 3.67. The maximum absolute atomic E-state index is 3.27. The molecule has 8 heavy (non-hydrogen) atoms. The first-order chi connectivity index (χ1) is 4.00. The van der Waals surface area contributed by atoms with Gasteiger partial charge in [-0.25, -0.2) is 0 Å². The number of allylic oxidation sites excluding steroid dienone is 1. The predicted molar refractivity (Wildman–Crippen MR) is 34.5 cm³/mol. The van der Waals surface area contributed by atoms with Crippen LogP contribution in [0.5, 0.6) is 0 Å². The molecule has 0 spiro atoms. The van der Waals surface area contributed by atoms with Gasteiger partial charge < -0.3 is 5.32 Å². The summed E-state index contributed by atoms with van der Waals surface area (Å²) in [6.07, 6.45) is 9.04. The van der Waals surface area contributed by atoms with E-state index in [-0.39, 0.29) is 0 Å². The van der Waals surface area contributed by atoms with E-state index in [1.54, 1.807) is 0 Å². The first-order valence-corrected chi connectivity index (χ1v) is 3.26. The van der Waals surface area contributed by atoms with Gasteiger partial charge in [0, 0.05) is 6.54 Å². The zero-order chi connectivity index (χ0) is 5.66. The molecular weight excluding hydrogens is 98.1 g/mol. The third kappa shape index (κ3) is 2.12. The molecule has 0 unspecified atom stereocenters. The molecule has 0 aromatic carbocycles. The van der Waals surface area contributed by atoms with Crippen LogP contribution in [0, 0.1) is 6.08 Å². The lowest BCUT2D eigenvalue weighted by atomic mass is 10.2. The minimum absolute atomic E-state index is 1.01. The van der Waals surface area contributed by atoms with Crippen molar-refractivity contribution in [1.29, 1.82) is 0 Å². The van der Waals surface area contributed by atoms with Crippen LogP contribution < -0.4 is 5.32 Å². The second-order valence-electron chi connectivity index (χ2n) is 2.07. The van der Waals surface area contributed by atoms with E-state index in [0.29, 0.717) is 0 Å². The lowest BCUT2D eigenvalue weighted by Crippen LogP contribution is -2.15. The standard InChI is InChI=1S/C7H12N/c1-2-4-6-8-7-5-3-1/h5,8H,1-2,4,6-7H2. The minimum Gasteiger partial charge on any atom is -0.313 e. The van der Waals surface area contributed by atoms with Gasteiger partial charge in [-0.1, -0.05) is 6.08 Å². The molecule has 0 saturated carbocycles. The van der Waals surface area contributed by atoms with E-state index in [1.807, 2.05) is 0 Å². The van der Waals surface area contributed by atoms with Crippen LogP contribution in [0.4, 0.5) is 0 Å². The van der Waals surface area contributed by atoms with Gasteiger partial charge in [-0.05, 0) is 31.9 Å². The summed E-state index contributed by atoms with van der Waals surface area (Å²) in [6.45, 7) is 2.19. The van der Waals surface area contributed by atoms with Gasteiger partial charge in [0.25, 0.3) is 0 Å². The molecule has 0 fully saturated rings. The summed E-state index contributed by atoms with van der Waals surface area (Å²) in [5.74, 6) is 0. The molecule has 0 bridgehead atoms. The average Bonchev–Trinajstić information content (AvgIpc) is 1.62. The third-order valence-electron chi connectivity index (χ3n) is 1.32. The van der Waals surface area contributed by atoms with Crippen LogP contribution in [-0.4, -0.2) is 13.1 Å². The van der Waals surface area contributed by atoms with Gasteiger partial charge >= 0.3 is 0 Å². The molecule has 1 radical (unpaired) electrons. The van der Waals surface area contributed by atoms with Gasteiger partial charge in [-0.15, -0.1) is 0 Å². The molecular formula is C7H12N. The maximum Gasteiger partial charge on any atom is 0.0140 e. The Kier molecular flexibility index (Phi) is 2.68. The Morgan fingerprint density at radius 2 is 2.38 bits per heavy atom. The molecule has 45 valence electrons. The van der Waals surface area contributed by atoms with Gasteiger partial charge in [0.1, 0.15) is 0 Å². The molecule has 0 amide bonds. The van der Waals surface area contributed by atoms with Crippen LogP contribution in [0.25, 0.3) is 0 Å². The topological polar surface area (TPSA) is 12.0 Å². The van der Waals surface area contributed by atoms with Crippen LogP contribution in [0.2, 0.25) is 0 Å². The fourth-order valence-electron chi connectivity index (χ4n) is 0.826. The summed E-state index contributed by atoms with van der Waals surface area (Å²) < 4.78 is 0. The van der Waals surface area contributed by atoms with Crippen molar-refractivity contribution in [2.24, 2.45) is 0 Å². The highest BCUT2D eigenvalue weighted by Crippen LogP contribution is 1.95. The maximum atomic E-state index is 3.27. The fraction of sp³-hybridized carbons (Fsp3) is 0.714. The molecule has 1 aliphatic heterocycles. The summed E-state index contributed by atoms with van der Waals surface area (Å²) in [7, 11) is 0. The van der Waals surface area contributed by atoms with Crippen molar-refractivity contribution in [3.8, 4) is 0 Å². The van der Waals surface area contributed by atoms with Crippen molar-refractivity contribution in [2.45, 2.75) is 19.3 Å². The number of nitrogens with one attached hydrogen (secondary N) is 1. The van der Waals surface area contributed by atoms with Crippen molar-refractivity contribution in [3.63, 3.8) is 0 Å². The number of rotatable bonds is 0. The molecule has 0 saturated heterocycles. The Hall–Kier alpha value is -0.300. The van der Waals surface area contributed by atoms with Crippen LogP contribution in [0.1, 0.15) is 19.3 Å². The first kappa shape index (κ1) is 5.83. The molecule has 1 heterocycles. The molecule has 0 aliphatic carbocycles. The quantitative estimate of drug-likeness (QED) is 0.492. The zero-order valence-electron chi connectivity index (χ0n) is 5.11. The van der Waals surface area contributed by atoms with Gasteiger partial charge in [0.2, 0.25) is 0 Å². The molecule has 1 aliphatic rings. The smallest absolute Gasteiger partial charge is 0.0140 e. The lowest BCUT2D eigenvalue weighted by Gasteiger charge is -2.02. The largest absolute Gasteiger partial charge is 0.313 e. The molecule has 1 N–H and O–H groups in total. The van der Waals surface area contributed by atoms with Gasteiger partial charge in [0.15, 0.2) is 0 Å². The highest BCUT2D eigenvalue weighted by Gasteiger charge is 1.88. The van der Waals surface area contributed by atoms with Crippen LogP contribution in [0.3, 0.4) is 0 Å². The van der Waals surface area contributed by atoms with E-state index < -0.39 is 0 Å². The van der Waals surface area contributed by atoms with Crippen LogP contribution in [0.15, 0.2) is 6.08 Å². The summed E-state index contributed by atoms with van der Waals surface area (Å²) >= 11 is 0. The van der Waals surface area contributed by atoms with Gasteiger partial charge in [-0.2, -0.15) is 0 Å². The molecule has 1 heteroatoms. The van der Waals surface area contributed by atoms with E-state index in [1.165, 1.54) is 19.4 Å². The predicted octanol–water partition coefficient (Wildman–Crippen LogP) is 1.12. The van der Waals surface area contributed by atoms with E-state index in [9.17, 15) is 0 Å². The normalized spacial score (nSPS) is 26.0. The monoisotopic (exact) mass is 110 g/mol. The second-order valence-corrected chi connectivity index (χ2v) is 2.07. The SMILES string of the molecule is [C]1=C\CNCCCC/1. The summed E-state index contributed by atoms with van der Waals surface area (Å²) in [5.41, 5.74) is 0. The van der Waals surface area contributed by atoms with Gasteiger partial charge in [0.05, 0.1) is 0 Å². The Morgan fingerprint density at radius 3 is 3.38 bits per heavy atom. The average molecular weight is 110 g/mol. The Labute approximate surface area is 50.8 Å². The number of hydrogen-bond donors (Lipinski definition) is 1. The van der Waals surface area contributed by atoms with Gasteiger partial charge in [-0.3, -0.25) is 0 Å². The molecule has 0 aromatic heterocycles. The lowest BCUT2D eigenvalue weighted by molar-refractivity contribution is 0.641. The molecule has 0 aromatic rings. The van der Waals surface area contributed by atoms with Crippen molar-refractivity contribution < 1.29 is 0 Å². The highest BCUT2D eigenvalue weighted by atomic mass is 14.8. The van der Waals surface area contributed by atoms with Crippen molar-refractivity contribution >= 4 is 0 Å². The summed E-state index contributed by atoms with van der Waals surface area (Å²) in [6, 6.07) is 0. The van der Waals surface area contributed by atoms with Crippen molar-refractivity contribution in [1.82, 2.24) is 5.32 Å². The van der Waals surface area contributed by atoms with Crippen LogP contribution in [-0.2, 0) is 0 Å². The fourth-order valence-corrected chi connectivity index (χ4v) is 0.826. The Bertz CT molecular complexity index is 66.5. The molecule has 1 rings (SSSR count). The molecule has 1 nitrogen and oxygen atoms in total. The van der Waals surface area contributed by atoms with E-state index in [4.69, 9.17) is 0 Å². The van der Waals surface area contributed by atoms with E-state index >= 15 is 0 Å². The minimum atomic E-state index is 1.01. The summed E-state index contributed by atoms with van der Waals surface area (Å²) in [4.78, 5) is 0. The first-order valence-electron chi connectivity index (χ1n) is 3.26. The van der Waals surface area contributed by atoms with Crippen molar-refractivity contribution in [2.75, 3.05) is 13.1 Å². The van der Waals surface area contributed by atoms with E-state index in [0.717, 1.165) is 13.0 Å². The number of hydrogen-bond acceptors (Lipinski definition) is 1. The van der Waals surface area contributed by atoms with Crippen LogP contribution >= 0.6 is 0 Å². The molecule has 0 atom stereocenters. The van der Waals surface area contributed by atoms with E-state index in [2.05, 4.69) is 17.5 Å². The third-order valence-corrected chi connectivity index (χ3v) is 1.32.